The average molecular weight is 449 g/mol. The number of imide groups is 1. The van der Waals surface area contributed by atoms with Gasteiger partial charge in [-0.2, -0.15) is 0 Å². The van der Waals surface area contributed by atoms with Crippen LogP contribution in [0.3, 0.4) is 0 Å². The van der Waals surface area contributed by atoms with Crippen LogP contribution in [0.25, 0.3) is 6.08 Å². The summed E-state index contributed by atoms with van der Waals surface area (Å²) in [5.74, 6) is -0.241. The monoisotopic (exact) mass is 448 g/mol. The fourth-order valence-corrected chi connectivity index (χ4v) is 4.14. The molecule has 0 spiro atoms. The molecule has 1 aromatic carbocycles. The topological polar surface area (TPSA) is 51.5 Å². The number of halogens is 1. The summed E-state index contributed by atoms with van der Waals surface area (Å²) in [6, 6.07) is 9.65. The van der Waals surface area contributed by atoms with Gasteiger partial charge in [0.1, 0.15) is 0 Å². The minimum atomic E-state index is -0.241. The Morgan fingerprint density at radius 3 is 2.56 bits per heavy atom. The maximum absolute atomic E-state index is 12.7. The molecule has 27 heavy (non-hydrogen) atoms. The van der Waals surface area contributed by atoms with Crippen molar-refractivity contribution >= 4 is 44.9 Å². The first-order valence-electron chi connectivity index (χ1n) is 8.56. The van der Waals surface area contributed by atoms with Gasteiger partial charge in [-0.3, -0.25) is 14.5 Å². The third kappa shape index (κ3) is 4.36. The van der Waals surface area contributed by atoms with E-state index in [1.807, 2.05) is 50.3 Å². The Morgan fingerprint density at radius 2 is 1.89 bits per heavy atom. The van der Waals surface area contributed by atoms with Crippen LogP contribution in [0.4, 0.5) is 4.79 Å². The second-order valence-electron chi connectivity index (χ2n) is 6.37. The Morgan fingerprint density at radius 1 is 1.19 bits per heavy atom. The highest BCUT2D eigenvalue weighted by Crippen LogP contribution is 2.34. The molecule has 0 N–H and O–H groups in total. The van der Waals surface area contributed by atoms with Crippen molar-refractivity contribution in [2.24, 2.45) is 0 Å². The van der Waals surface area contributed by atoms with E-state index >= 15 is 0 Å². The summed E-state index contributed by atoms with van der Waals surface area (Å²) in [5.41, 5.74) is 4.03. The molecule has 0 radical (unpaired) electrons. The number of hydrogen-bond donors (Lipinski definition) is 0. The summed E-state index contributed by atoms with van der Waals surface area (Å²) in [7, 11) is 1.68. The Labute approximate surface area is 171 Å². The molecule has 0 bridgehead atoms. The molecule has 0 atom stereocenters. The van der Waals surface area contributed by atoms with Crippen molar-refractivity contribution in [1.29, 1.82) is 0 Å². The maximum Gasteiger partial charge on any atom is 0.293 e. The Hall–Kier alpha value is -1.83. The quantitative estimate of drug-likeness (QED) is 0.598. The number of benzene rings is 1. The third-order valence-corrected chi connectivity index (χ3v) is 5.98. The number of aromatic nitrogens is 1. The molecule has 1 aliphatic rings. The number of ether oxygens (including phenoxy) is 1. The second kappa shape index (κ2) is 8.46. The van der Waals surface area contributed by atoms with Crippen molar-refractivity contribution in [3.8, 4) is 0 Å². The molecule has 1 aromatic heterocycles. The minimum absolute atomic E-state index is 0.234. The van der Waals surface area contributed by atoms with E-state index < -0.39 is 0 Å². The molecule has 0 aliphatic carbocycles. The first-order valence-corrected chi connectivity index (χ1v) is 10.2. The summed E-state index contributed by atoms with van der Waals surface area (Å²) < 4.78 is 8.28. The van der Waals surface area contributed by atoms with E-state index in [0.717, 1.165) is 45.3 Å². The lowest BCUT2D eigenvalue weighted by atomic mass is 10.2. The van der Waals surface area contributed by atoms with Gasteiger partial charge in [0.05, 0.1) is 18.1 Å². The molecule has 2 amide bonds. The van der Waals surface area contributed by atoms with Gasteiger partial charge in [0, 0.05) is 29.5 Å². The number of thioether (sulfide) groups is 1. The van der Waals surface area contributed by atoms with Crippen molar-refractivity contribution in [2.45, 2.75) is 26.9 Å². The smallest absolute Gasteiger partial charge is 0.293 e. The number of aryl methyl sites for hydroxylation is 1. The van der Waals surface area contributed by atoms with Gasteiger partial charge in [-0.1, -0.05) is 28.1 Å². The standard InChI is InChI=1S/C20H21BrN2O3S/c1-13-10-16(14(2)22(13)8-9-26-3)11-18-19(24)23(20(25)27-18)12-15-4-6-17(21)7-5-15/h4-7,10-11H,8-9,12H2,1-3H3/b18-11-. The van der Waals surface area contributed by atoms with E-state index in [1.54, 1.807) is 7.11 Å². The van der Waals surface area contributed by atoms with Crippen LogP contribution in [-0.2, 0) is 22.6 Å². The van der Waals surface area contributed by atoms with Crippen LogP contribution in [0.15, 0.2) is 39.7 Å². The number of rotatable bonds is 6. The zero-order valence-corrected chi connectivity index (χ0v) is 17.9. The van der Waals surface area contributed by atoms with E-state index in [0.29, 0.717) is 11.5 Å². The molecular weight excluding hydrogens is 428 g/mol. The van der Waals surface area contributed by atoms with Gasteiger partial charge in [-0.25, -0.2) is 0 Å². The van der Waals surface area contributed by atoms with Crippen LogP contribution in [0.2, 0.25) is 0 Å². The zero-order valence-electron chi connectivity index (χ0n) is 15.5. The van der Waals surface area contributed by atoms with Gasteiger partial charge in [0.2, 0.25) is 0 Å². The van der Waals surface area contributed by atoms with Crippen LogP contribution in [0.1, 0.15) is 22.5 Å². The SMILES string of the molecule is COCCn1c(C)cc(/C=C2\SC(=O)N(Cc3ccc(Br)cc3)C2=O)c1C. The molecule has 3 rings (SSSR count). The summed E-state index contributed by atoms with van der Waals surface area (Å²) in [6.07, 6.45) is 1.82. The third-order valence-electron chi connectivity index (χ3n) is 4.55. The van der Waals surface area contributed by atoms with Gasteiger partial charge >= 0.3 is 0 Å². The highest BCUT2D eigenvalue weighted by atomic mass is 79.9. The molecule has 1 fully saturated rings. The van der Waals surface area contributed by atoms with Crippen molar-refractivity contribution < 1.29 is 14.3 Å². The maximum atomic E-state index is 12.7. The lowest BCUT2D eigenvalue weighted by molar-refractivity contribution is -0.123. The van der Waals surface area contributed by atoms with E-state index in [1.165, 1.54) is 4.90 Å². The summed E-state index contributed by atoms with van der Waals surface area (Å²) in [4.78, 5) is 26.9. The van der Waals surface area contributed by atoms with Crippen LogP contribution >= 0.6 is 27.7 Å². The van der Waals surface area contributed by atoms with Crippen LogP contribution in [0.5, 0.6) is 0 Å². The van der Waals surface area contributed by atoms with Crippen LogP contribution < -0.4 is 0 Å². The zero-order chi connectivity index (χ0) is 19.6. The summed E-state index contributed by atoms with van der Waals surface area (Å²) in [6.45, 7) is 5.70. The number of nitrogens with zero attached hydrogens (tertiary/aromatic N) is 2. The van der Waals surface area contributed by atoms with Crippen molar-refractivity contribution in [3.05, 3.63) is 62.2 Å². The predicted molar refractivity (Wildman–Crippen MR) is 111 cm³/mol. The number of hydrogen-bond acceptors (Lipinski definition) is 4. The van der Waals surface area contributed by atoms with Gasteiger partial charge in [0.25, 0.3) is 11.1 Å². The van der Waals surface area contributed by atoms with Gasteiger partial charge in [0.15, 0.2) is 0 Å². The number of carbonyl (C=O) groups excluding carboxylic acids is 2. The lowest BCUT2D eigenvalue weighted by Crippen LogP contribution is -2.27. The van der Waals surface area contributed by atoms with E-state index in [4.69, 9.17) is 4.74 Å². The molecule has 0 saturated carbocycles. The highest BCUT2D eigenvalue weighted by Gasteiger charge is 2.35. The Balaban J connectivity index is 1.81. The molecule has 1 aliphatic heterocycles. The molecule has 2 heterocycles. The van der Waals surface area contributed by atoms with E-state index in [9.17, 15) is 9.59 Å². The normalized spacial score (nSPS) is 16.0. The molecule has 2 aromatic rings. The largest absolute Gasteiger partial charge is 0.383 e. The molecule has 0 unspecified atom stereocenters. The molecule has 5 nitrogen and oxygen atoms in total. The van der Waals surface area contributed by atoms with E-state index in [2.05, 4.69) is 20.5 Å². The van der Waals surface area contributed by atoms with Gasteiger partial charge < -0.3 is 9.30 Å². The fourth-order valence-electron chi connectivity index (χ4n) is 3.05. The number of carbonyl (C=O) groups is 2. The molecule has 1 saturated heterocycles. The molecular formula is C20H21BrN2O3S. The van der Waals surface area contributed by atoms with E-state index in [-0.39, 0.29) is 17.7 Å². The Kier molecular flexibility index (Phi) is 6.24. The fraction of sp³-hybridized carbons (Fsp3) is 0.300. The van der Waals surface area contributed by atoms with Gasteiger partial charge in [-0.05, 0) is 61.0 Å². The second-order valence-corrected chi connectivity index (χ2v) is 8.27. The predicted octanol–water partition coefficient (Wildman–Crippen LogP) is 4.75. The first kappa shape index (κ1) is 19.9. The average Bonchev–Trinajstić information content (AvgIpc) is 3.05. The summed E-state index contributed by atoms with van der Waals surface area (Å²) >= 11 is 4.38. The van der Waals surface area contributed by atoms with Crippen molar-refractivity contribution in [1.82, 2.24) is 9.47 Å². The van der Waals surface area contributed by atoms with Crippen molar-refractivity contribution in [3.63, 3.8) is 0 Å². The van der Waals surface area contributed by atoms with Crippen LogP contribution in [-0.4, -0.2) is 34.3 Å². The number of amides is 2. The molecule has 142 valence electrons. The minimum Gasteiger partial charge on any atom is -0.383 e. The van der Waals surface area contributed by atoms with Crippen molar-refractivity contribution in [2.75, 3.05) is 13.7 Å². The van der Waals surface area contributed by atoms with Crippen LogP contribution in [0, 0.1) is 13.8 Å². The van der Waals surface area contributed by atoms with Gasteiger partial charge in [-0.15, -0.1) is 0 Å². The highest BCUT2D eigenvalue weighted by molar-refractivity contribution is 9.10. The Bertz CT molecular complexity index is 903. The lowest BCUT2D eigenvalue weighted by Gasteiger charge is -2.12. The molecule has 7 heteroatoms. The first-order chi connectivity index (χ1) is 12.9. The summed E-state index contributed by atoms with van der Waals surface area (Å²) in [5, 5.41) is -0.234. The number of methoxy groups -OCH3 is 1.